The van der Waals surface area contributed by atoms with E-state index in [-0.39, 0.29) is 29.1 Å². The Labute approximate surface area is 243 Å². The van der Waals surface area contributed by atoms with Crippen molar-refractivity contribution in [3.8, 4) is 11.5 Å². The zero-order valence-corrected chi connectivity index (χ0v) is 23.7. The number of anilines is 2. The number of imide groups is 1. The number of benzene rings is 3. The number of ether oxygens (including phenoxy) is 2. The van der Waals surface area contributed by atoms with Crippen LogP contribution in [0.15, 0.2) is 88.7 Å². The number of carbonyl (C=O) groups excluding carboxylic acids is 3. The lowest BCUT2D eigenvalue weighted by molar-refractivity contribution is -0.122. The van der Waals surface area contributed by atoms with Crippen molar-refractivity contribution in [2.24, 2.45) is 5.92 Å². The minimum absolute atomic E-state index is 0.235. The SMILES string of the molecule is COc1ccc(NC(=O)Cn2c3c(sc2=O)[C@H](c2ccc(OC)cc2)C2C(=O)N(c4ccccc4)C(=O)C2S3)cc1. The van der Waals surface area contributed by atoms with Crippen molar-refractivity contribution in [1.29, 1.82) is 0 Å². The quantitative estimate of drug-likeness (QED) is 0.320. The molecule has 3 amide bonds. The van der Waals surface area contributed by atoms with Gasteiger partial charge in [0.15, 0.2) is 0 Å². The molecule has 1 saturated heterocycles. The summed E-state index contributed by atoms with van der Waals surface area (Å²) in [7, 11) is 3.13. The summed E-state index contributed by atoms with van der Waals surface area (Å²) in [5.74, 6) is -0.994. The van der Waals surface area contributed by atoms with Crippen LogP contribution in [0.3, 0.4) is 0 Å². The van der Waals surface area contributed by atoms with E-state index in [1.807, 2.05) is 18.2 Å². The van der Waals surface area contributed by atoms with E-state index in [0.717, 1.165) is 16.9 Å². The molecule has 41 heavy (non-hydrogen) atoms. The Morgan fingerprint density at radius 3 is 2.12 bits per heavy atom. The molecule has 0 bridgehead atoms. The van der Waals surface area contributed by atoms with E-state index in [4.69, 9.17) is 9.47 Å². The monoisotopic (exact) mass is 587 g/mol. The zero-order chi connectivity index (χ0) is 28.7. The highest BCUT2D eigenvalue weighted by molar-refractivity contribution is 8.00. The number of para-hydroxylation sites is 1. The van der Waals surface area contributed by atoms with E-state index in [9.17, 15) is 19.2 Å². The summed E-state index contributed by atoms with van der Waals surface area (Å²) < 4.78 is 11.9. The molecule has 9 nitrogen and oxygen atoms in total. The third-order valence-electron chi connectivity index (χ3n) is 7.21. The number of thioether (sulfide) groups is 1. The number of carbonyl (C=O) groups is 3. The van der Waals surface area contributed by atoms with Crippen molar-refractivity contribution >= 4 is 52.2 Å². The highest BCUT2D eigenvalue weighted by atomic mass is 32.2. The van der Waals surface area contributed by atoms with Crippen LogP contribution < -0.4 is 24.6 Å². The third-order valence-corrected chi connectivity index (χ3v) is 9.82. The number of nitrogens with one attached hydrogen (secondary N) is 1. The fourth-order valence-electron chi connectivity index (χ4n) is 5.28. The van der Waals surface area contributed by atoms with Crippen molar-refractivity contribution < 1.29 is 23.9 Å². The Morgan fingerprint density at radius 1 is 0.854 bits per heavy atom. The molecule has 4 aromatic rings. The maximum Gasteiger partial charge on any atom is 0.308 e. The van der Waals surface area contributed by atoms with Crippen LogP contribution in [0.4, 0.5) is 11.4 Å². The molecule has 3 heterocycles. The number of methoxy groups -OCH3 is 2. The molecule has 2 aliphatic heterocycles. The standard InChI is InChI=1S/C30H25N3O6S2/c1-38-20-12-8-17(9-13-20)23-24-25(28(36)33(27(24)35)19-6-4-3-5-7-19)40-29-26(23)41-30(37)32(29)16-22(34)31-18-10-14-21(39-2)15-11-18/h3-15,23-25H,16H2,1-2H3,(H,31,34)/t23-,24?,25?/m1/s1. The van der Waals surface area contributed by atoms with Crippen LogP contribution in [0, 0.1) is 5.92 Å². The molecular formula is C30H25N3O6S2. The first-order valence-corrected chi connectivity index (χ1v) is 14.5. The first-order valence-electron chi connectivity index (χ1n) is 12.8. The van der Waals surface area contributed by atoms with E-state index in [1.165, 1.54) is 21.2 Å². The second-order valence-corrected chi connectivity index (χ2v) is 11.7. The number of aromatic nitrogens is 1. The molecule has 0 aliphatic carbocycles. The van der Waals surface area contributed by atoms with E-state index >= 15 is 0 Å². The molecule has 2 aliphatic rings. The van der Waals surface area contributed by atoms with E-state index in [1.54, 1.807) is 74.9 Å². The highest BCUT2D eigenvalue weighted by Crippen LogP contribution is 2.54. The smallest absolute Gasteiger partial charge is 0.308 e. The number of hydrogen-bond acceptors (Lipinski definition) is 8. The predicted molar refractivity (Wildman–Crippen MR) is 157 cm³/mol. The molecule has 3 aromatic carbocycles. The van der Waals surface area contributed by atoms with Gasteiger partial charge in [0, 0.05) is 16.5 Å². The number of thiazole rings is 1. The Bertz CT molecular complexity index is 1680. The Kier molecular flexibility index (Phi) is 7.14. The van der Waals surface area contributed by atoms with Crippen molar-refractivity contribution in [3.05, 3.63) is 99.0 Å². The van der Waals surface area contributed by atoms with Crippen LogP contribution in [0.5, 0.6) is 11.5 Å². The summed E-state index contributed by atoms with van der Waals surface area (Å²) in [4.78, 5) is 55.6. The summed E-state index contributed by atoms with van der Waals surface area (Å²) in [6.45, 7) is -0.235. The lowest BCUT2D eigenvalue weighted by atomic mass is 9.83. The molecule has 0 radical (unpaired) electrons. The van der Waals surface area contributed by atoms with Gasteiger partial charge in [0.1, 0.15) is 23.3 Å². The van der Waals surface area contributed by atoms with Crippen LogP contribution in [-0.4, -0.2) is 41.8 Å². The Morgan fingerprint density at radius 2 is 1.49 bits per heavy atom. The molecule has 11 heteroatoms. The lowest BCUT2D eigenvalue weighted by Crippen LogP contribution is -2.33. The number of nitrogens with zero attached hydrogens (tertiary/aromatic N) is 2. The third kappa shape index (κ3) is 4.81. The normalized spacial score (nSPS) is 19.5. The highest BCUT2D eigenvalue weighted by Gasteiger charge is 2.56. The average Bonchev–Trinajstić information content (AvgIpc) is 3.44. The largest absolute Gasteiger partial charge is 0.497 e. The number of rotatable bonds is 7. The van der Waals surface area contributed by atoms with Crippen LogP contribution >= 0.6 is 23.1 Å². The first-order chi connectivity index (χ1) is 19.9. The number of amides is 3. The fraction of sp³-hybridized carbons (Fsp3) is 0.200. The van der Waals surface area contributed by atoms with Gasteiger partial charge >= 0.3 is 4.87 Å². The van der Waals surface area contributed by atoms with E-state index < -0.39 is 17.1 Å². The van der Waals surface area contributed by atoms with Crippen LogP contribution in [0.25, 0.3) is 0 Å². The van der Waals surface area contributed by atoms with Gasteiger partial charge in [0.2, 0.25) is 17.7 Å². The molecule has 1 N–H and O–H groups in total. The number of fused-ring (bicyclic) bond motifs is 2. The van der Waals surface area contributed by atoms with Gasteiger partial charge in [-0.2, -0.15) is 0 Å². The molecule has 3 atom stereocenters. The van der Waals surface area contributed by atoms with Gasteiger partial charge in [0.05, 0.1) is 30.9 Å². The maximum absolute atomic E-state index is 13.9. The van der Waals surface area contributed by atoms with Crippen LogP contribution in [-0.2, 0) is 20.9 Å². The minimum Gasteiger partial charge on any atom is -0.497 e. The van der Waals surface area contributed by atoms with Crippen molar-refractivity contribution in [1.82, 2.24) is 4.57 Å². The van der Waals surface area contributed by atoms with Gasteiger partial charge < -0.3 is 14.8 Å². The molecule has 0 spiro atoms. The van der Waals surface area contributed by atoms with Crippen LogP contribution in [0.1, 0.15) is 16.4 Å². The summed E-state index contributed by atoms with van der Waals surface area (Å²) in [6, 6.07) is 23.0. The van der Waals surface area contributed by atoms with Crippen molar-refractivity contribution in [3.63, 3.8) is 0 Å². The molecular weight excluding hydrogens is 562 g/mol. The molecule has 6 rings (SSSR count). The molecule has 2 unspecified atom stereocenters. The molecule has 208 valence electrons. The van der Waals surface area contributed by atoms with Gasteiger partial charge in [-0.15, -0.1) is 0 Å². The fourth-order valence-corrected chi connectivity index (χ4v) is 8.05. The van der Waals surface area contributed by atoms with Gasteiger partial charge in [-0.1, -0.05) is 53.4 Å². The minimum atomic E-state index is -0.757. The van der Waals surface area contributed by atoms with E-state index in [0.29, 0.717) is 32.8 Å². The Hall–Kier alpha value is -4.35. The summed E-state index contributed by atoms with van der Waals surface area (Å²) in [6.07, 6.45) is 0. The maximum atomic E-state index is 13.9. The van der Waals surface area contributed by atoms with Gasteiger partial charge in [-0.05, 0) is 54.1 Å². The number of hydrogen-bond donors (Lipinski definition) is 1. The van der Waals surface area contributed by atoms with Crippen molar-refractivity contribution in [2.75, 3.05) is 24.4 Å². The summed E-state index contributed by atoms with van der Waals surface area (Å²) in [5, 5.41) is 2.58. The second kappa shape index (κ2) is 10.9. The lowest BCUT2D eigenvalue weighted by Gasteiger charge is -2.30. The van der Waals surface area contributed by atoms with Gasteiger partial charge in [-0.3, -0.25) is 23.7 Å². The van der Waals surface area contributed by atoms with Gasteiger partial charge in [0.25, 0.3) is 0 Å². The summed E-state index contributed by atoms with van der Waals surface area (Å²) >= 11 is 2.19. The second-order valence-electron chi connectivity index (χ2n) is 9.56. The first kappa shape index (κ1) is 26.9. The topological polar surface area (TPSA) is 107 Å². The molecule has 1 fully saturated rings. The molecule has 0 saturated carbocycles. The average molecular weight is 588 g/mol. The predicted octanol–water partition coefficient (Wildman–Crippen LogP) is 4.36. The van der Waals surface area contributed by atoms with Crippen LogP contribution in [0.2, 0.25) is 0 Å². The van der Waals surface area contributed by atoms with Gasteiger partial charge in [-0.25, -0.2) is 4.90 Å². The Balaban J connectivity index is 1.39. The summed E-state index contributed by atoms with van der Waals surface area (Å²) in [5.41, 5.74) is 1.85. The van der Waals surface area contributed by atoms with E-state index in [2.05, 4.69) is 5.32 Å². The molecule has 1 aromatic heterocycles. The van der Waals surface area contributed by atoms with Crippen molar-refractivity contribution in [2.45, 2.75) is 22.7 Å². The zero-order valence-electron chi connectivity index (χ0n) is 22.1.